The number of guanidine groups is 1. The van der Waals surface area contributed by atoms with Gasteiger partial charge in [0.15, 0.2) is 5.96 Å². The fraction of sp³-hybridized carbons (Fsp3) is 0.944. The molecule has 0 atom stereocenters. The molecule has 28 heavy (non-hydrogen) atoms. The Morgan fingerprint density at radius 2 is 1.79 bits per heavy atom. The highest BCUT2D eigenvalue weighted by Gasteiger charge is 2.28. The quantitative estimate of drug-likeness (QED) is 0.201. The maximum Gasteiger partial charge on any atom is 0.216 e. The van der Waals surface area contributed by atoms with Gasteiger partial charge in [-0.1, -0.05) is 0 Å². The van der Waals surface area contributed by atoms with Crippen molar-refractivity contribution >= 4 is 40.0 Å². The highest BCUT2D eigenvalue weighted by molar-refractivity contribution is 14.0. The zero-order valence-corrected chi connectivity index (χ0v) is 21.5. The van der Waals surface area contributed by atoms with Gasteiger partial charge in [0.2, 0.25) is 10.0 Å². The molecule has 1 aliphatic rings. The first-order chi connectivity index (χ1) is 12.5. The molecule has 1 saturated heterocycles. The lowest BCUT2D eigenvalue weighted by Crippen LogP contribution is -2.54. The van der Waals surface area contributed by atoms with Crippen LogP contribution < -0.4 is 10.6 Å². The van der Waals surface area contributed by atoms with Gasteiger partial charge >= 0.3 is 0 Å². The molecule has 168 valence electrons. The van der Waals surface area contributed by atoms with Gasteiger partial charge in [-0.05, 0) is 41.5 Å². The lowest BCUT2D eigenvalue weighted by atomic mass is 10.1. The molecule has 0 aliphatic carbocycles. The largest absolute Gasteiger partial charge is 0.378 e. The van der Waals surface area contributed by atoms with Crippen molar-refractivity contribution in [3.8, 4) is 0 Å². The summed E-state index contributed by atoms with van der Waals surface area (Å²) in [5.41, 5.74) is 0.0765. The zero-order valence-electron chi connectivity index (χ0n) is 18.3. The number of nitrogens with zero attached hydrogens (tertiary/aromatic N) is 3. The monoisotopic (exact) mass is 533 g/mol. The van der Waals surface area contributed by atoms with Crippen molar-refractivity contribution < 1.29 is 13.2 Å². The van der Waals surface area contributed by atoms with Crippen molar-refractivity contribution in [2.24, 2.45) is 4.99 Å². The van der Waals surface area contributed by atoms with Gasteiger partial charge in [-0.2, -0.15) is 4.31 Å². The third-order valence-corrected chi connectivity index (χ3v) is 5.92. The van der Waals surface area contributed by atoms with Gasteiger partial charge in [-0.15, -0.1) is 24.0 Å². The summed E-state index contributed by atoms with van der Waals surface area (Å²) in [4.78, 5) is 6.81. The highest BCUT2D eigenvalue weighted by atomic mass is 127. The number of aliphatic imine (C=N–C) groups is 1. The van der Waals surface area contributed by atoms with E-state index in [0.717, 1.165) is 19.0 Å². The minimum absolute atomic E-state index is 0. The van der Waals surface area contributed by atoms with Crippen molar-refractivity contribution in [1.29, 1.82) is 0 Å². The summed E-state index contributed by atoms with van der Waals surface area (Å²) in [6.45, 7) is 17.0. The Morgan fingerprint density at radius 3 is 2.29 bits per heavy atom. The Kier molecular flexibility index (Phi) is 13.1. The van der Waals surface area contributed by atoms with Crippen LogP contribution in [-0.4, -0.2) is 93.4 Å². The second-order valence-electron chi connectivity index (χ2n) is 8.03. The molecular formula is C18H40IN5O3S. The second kappa shape index (κ2) is 13.2. The van der Waals surface area contributed by atoms with E-state index in [1.807, 2.05) is 20.8 Å². The normalized spacial score (nSPS) is 17.0. The third kappa shape index (κ3) is 11.1. The second-order valence-corrected chi connectivity index (χ2v) is 10.1. The molecule has 1 fully saturated rings. The number of hydrogen-bond donors (Lipinski definition) is 2. The van der Waals surface area contributed by atoms with Crippen molar-refractivity contribution in [1.82, 2.24) is 19.8 Å². The summed E-state index contributed by atoms with van der Waals surface area (Å²) in [5.74, 6) is 0.894. The Labute approximate surface area is 188 Å². The van der Waals surface area contributed by atoms with Crippen molar-refractivity contribution in [3.05, 3.63) is 0 Å². The number of halogens is 1. The van der Waals surface area contributed by atoms with Gasteiger partial charge in [-0.3, -0.25) is 4.99 Å². The fourth-order valence-electron chi connectivity index (χ4n) is 2.71. The minimum Gasteiger partial charge on any atom is -0.378 e. The van der Waals surface area contributed by atoms with Crippen LogP contribution in [0.1, 0.15) is 41.5 Å². The molecule has 0 saturated carbocycles. The number of sulfonamides is 1. The summed E-state index contributed by atoms with van der Waals surface area (Å²) in [5, 5.41) is 6.73. The number of piperazine rings is 1. The molecule has 0 spiro atoms. The smallest absolute Gasteiger partial charge is 0.216 e. The highest BCUT2D eigenvalue weighted by Crippen LogP contribution is 2.09. The van der Waals surface area contributed by atoms with E-state index in [1.54, 1.807) is 4.31 Å². The average molecular weight is 534 g/mol. The van der Waals surface area contributed by atoms with Crippen LogP contribution in [0.2, 0.25) is 0 Å². The topological polar surface area (TPSA) is 86.3 Å². The summed E-state index contributed by atoms with van der Waals surface area (Å²) in [6, 6.07) is 0. The summed E-state index contributed by atoms with van der Waals surface area (Å²) >= 11 is 0. The van der Waals surface area contributed by atoms with Gasteiger partial charge < -0.3 is 20.3 Å². The molecule has 0 unspecified atom stereocenters. The maximum atomic E-state index is 12.4. The standard InChI is InChI=1S/C18H39N5O3S.HI/c1-7-19-17(20-8-9-21-18(4,5)6)22-10-12-23(13-11-22)27(24,25)15-14-26-16(2)3;/h16,21H,7-15H2,1-6H3,(H,19,20);1H. The number of ether oxygens (including phenoxy) is 1. The Bertz CT molecular complexity index is 556. The van der Waals surface area contributed by atoms with Crippen molar-refractivity contribution in [2.45, 2.75) is 53.2 Å². The minimum atomic E-state index is -3.27. The van der Waals surface area contributed by atoms with E-state index in [-0.39, 0.29) is 48.0 Å². The average Bonchev–Trinajstić information content (AvgIpc) is 2.56. The molecule has 2 N–H and O–H groups in total. The van der Waals surface area contributed by atoms with Crippen LogP contribution in [0.25, 0.3) is 0 Å². The summed E-state index contributed by atoms with van der Waals surface area (Å²) in [7, 11) is -3.27. The molecule has 1 heterocycles. The summed E-state index contributed by atoms with van der Waals surface area (Å²) < 4.78 is 31.8. The predicted octanol–water partition coefficient (Wildman–Crippen LogP) is 1.33. The molecule has 0 radical (unpaired) electrons. The first-order valence-corrected chi connectivity index (χ1v) is 11.5. The van der Waals surface area contributed by atoms with Gasteiger partial charge in [0, 0.05) is 44.8 Å². The third-order valence-electron chi connectivity index (χ3n) is 4.09. The molecule has 1 rings (SSSR count). The molecule has 10 heteroatoms. The van der Waals surface area contributed by atoms with Crippen molar-refractivity contribution in [2.75, 3.05) is 58.2 Å². The Hall–Kier alpha value is -0.170. The van der Waals surface area contributed by atoms with E-state index in [1.165, 1.54) is 0 Å². The molecule has 0 aromatic rings. The summed E-state index contributed by atoms with van der Waals surface area (Å²) in [6.07, 6.45) is 0.0451. The van der Waals surface area contributed by atoms with E-state index >= 15 is 0 Å². The number of rotatable bonds is 9. The lowest BCUT2D eigenvalue weighted by molar-refractivity contribution is 0.0904. The number of hydrogen-bond acceptors (Lipinski definition) is 5. The van der Waals surface area contributed by atoms with E-state index in [2.05, 4.69) is 41.3 Å². The zero-order chi connectivity index (χ0) is 20.5. The molecular weight excluding hydrogens is 493 g/mol. The van der Waals surface area contributed by atoms with Crippen LogP contribution >= 0.6 is 24.0 Å². The van der Waals surface area contributed by atoms with Crippen LogP contribution in [0.5, 0.6) is 0 Å². The first kappa shape index (κ1) is 27.8. The van der Waals surface area contributed by atoms with Crippen molar-refractivity contribution in [3.63, 3.8) is 0 Å². The Balaban J connectivity index is 0.00000729. The van der Waals surface area contributed by atoms with E-state index in [9.17, 15) is 8.42 Å². The SMILES string of the molecule is CCNC(=NCCNC(C)(C)C)N1CCN(S(=O)(=O)CCOC(C)C)CC1.I. The van der Waals surface area contributed by atoms with E-state index < -0.39 is 10.0 Å². The van der Waals surface area contributed by atoms with E-state index in [4.69, 9.17) is 4.74 Å². The molecule has 0 bridgehead atoms. The predicted molar refractivity (Wildman–Crippen MR) is 127 cm³/mol. The van der Waals surface area contributed by atoms with Crippen LogP contribution in [0, 0.1) is 0 Å². The fourth-order valence-corrected chi connectivity index (χ4v) is 4.00. The first-order valence-electron chi connectivity index (χ1n) is 9.93. The number of nitrogens with one attached hydrogen (secondary N) is 2. The maximum absolute atomic E-state index is 12.4. The molecule has 1 aliphatic heterocycles. The van der Waals surface area contributed by atoms with Crippen LogP contribution in [-0.2, 0) is 14.8 Å². The lowest BCUT2D eigenvalue weighted by Gasteiger charge is -2.36. The van der Waals surface area contributed by atoms with Crippen LogP contribution in [0.4, 0.5) is 0 Å². The van der Waals surface area contributed by atoms with E-state index in [0.29, 0.717) is 32.7 Å². The Morgan fingerprint density at radius 1 is 1.18 bits per heavy atom. The molecule has 0 amide bonds. The molecule has 8 nitrogen and oxygen atoms in total. The van der Waals surface area contributed by atoms with Gasteiger partial charge in [-0.25, -0.2) is 8.42 Å². The van der Waals surface area contributed by atoms with Gasteiger partial charge in [0.1, 0.15) is 0 Å². The van der Waals surface area contributed by atoms with Gasteiger partial charge in [0.25, 0.3) is 0 Å². The van der Waals surface area contributed by atoms with Gasteiger partial charge in [0.05, 0.1) is 25.0 Å². The van der Waals surface area contributed by atoms with Crippen LogP contribution in [0.3, 0.4) is 0 Å². The molecule has 0 aromatic carbocycles. The van der Waals surface area contributed by atoms with Crippen LogP contribution in [0.15, 0.2) is 4.99 Å². The molecule has 0 aromatic heterocycles.